The Kier molecular flexibility index (Phi) is 4.15. The number of aromatic nitrogens is 1. The molecule has 0 radical (unpaired) electrons. The van der Waals surface area contributed by atoms with Crippen LogP contribution in [0.1, 0.15) is 9.88 Å². The van der Waals surface area contributed by atoms with Crippen LogP contribution in [0, 0.1) is 6.92 Å². The lowest BCUT2D eigenvalue weighted by Gasteiger charge is -2.03. The van der Waals surface area contributed by atoms with Gasteiger partial charge in [-0.25, -0.2) is 18.1 Å². The van der Waals surface area contributed by atoms with Gasteiger partial charge in [0.15, 0.2) is 0 Å². The molecule has 0 unspecified atom stereocenters. The van der Waals surface area contributed by atoms with Crippen LogP contribution in [-0.2, 0) is 16.6 Å². The van der Waals surface area contributed by atoms with Crippen molar-refractivity contribution in [2.24, 2.45) is 0 Å². The predicted molar refractivity (Wildman–Crippen MR) is 90.4 cm³/mol. The fourth-order valence-corrected chi connectivity index (χ4v) is 6.33. The Morgan fingerprint density at radius 1 is 1.29 bits per heavy atom. The average Bonchev–Trinajstić information content (AvgIpc) is 2.99. The molecular weight excluding hydrogens is 392 g/mol. The molecule has 0 fully saturated rings. The molecule has 2 aromatic heterocycles. The normalized spacial score (nSPS) is 12.1. The van der Waals surface area contributed by atoms with Crippen molar-refractivity contribution in [3.05, 3.63) is 44.0 Å². The Morgan fingerprint density at radius 3 is 2.71 bits per heavy atom. The van der Waals surface area contributed by atoms with Gasteiger partial charge in [-0.05, 0) is 41.1 Å². The molecule has 0 bridgehead atoms. The van der Waals surface area contributed by atoms with Gasteiger partial charge in [0.2, 0.25) is 10.0 Å². The molecule has 3 aromatic rings. The van der Waals surface area contributed by atoms with Gasteiger partial charge in [-0.2, -0.15) is 0 Å². The Bertz CT molecular complexity index is 866. The van der Waals surface area contributed by atoms with Crippen molar-refractivity contribution in [3.63, 3.8) is 0 Å². The molecule has 0 atom stereocenters. The van der Waals surface area contributed by atoms with E-state index in [4.69, 9.17) is 0 Å². The lowest BCUT2D eigenvalue weighted by atomic mass is 10.3. The number of rotatable bonds is 4. The van der Waals surface area contributed by atoms with Crippen molar-refractivity contribution in [2.45, 2.75) is 18.4 Å². The zero-order valence-electron chi connectivity index (χ0n) is 11.0. The summed E-state index contributed by atoms with van der Waals surface area (Å²) in [5.74, 6) is 0. The summed E-state index contributed by atoms with van der Waals surface area (Å²) in [6.45, 7) is 2.00. The van der Waals surface area contributed by atoms with Gasteiger partial charge in [-0.15, -0.1) is 22.7 Å². The van der Waals surface area contributed by atoms with E-state index in [-0.39, 0.29) is 6.54 Å². The molecule has 0 amide bonds. The number of benzene rings is 1. The van der Waals surface area contributed by atoms with E-state index in [1.807, 2.05) is 24.3 Å². The summed E-state index contributed by atoms with van der Waals surface area (Å²) in [6, 6.07) is 9.39. The van der Waals surface area contributed by atoms with Crippen LogP contribution in [0.4, 0.5) is 0 Å². The van der Waals surface area contributed by atoms with Crippen molar-refractivity contribution in [3.8, 4) is 0 Å². The van der Waals surface area contributed by atoms with Crippen LogP contribution in [0.25, 0.3) is 10.2 Å². The third kappa shape index (κ3) is 3.19. The number of thiophene rings is 1. The first-order valence-electron chi connectivity index (χ1n) is 6.06. The van der Waals surface area contributed by atoms with Crippen LogP contribution in [0.5, 0.6) is 0 Å². The number of para-hydroxylation sites is 1. The number of hydrogen-bond acceptors (Lipinski definition) is 5. The molecule has 110 valence electrons. The van der Waals surface area contributed by atoms with Gasteiger partial charge in [0.25, 0.3) is 0 Å². The largest absolute Gasteiger partial charge is 0.242 e. The van der Waals surface area contributed by atoms with Gasteiger partial charge in [-0.1, -0.05) is 12.1 Å². The van der Waals surface area contributed by atoms with E-state index in [2.05, 4.69) is 25.6 Å². The summed E-state index contributed by atoms with van der Waals surface area (Å²) >= 11 is 6.21. The van der Waals surface area contributed by atoms with Crippen LogP contribution in [0.2, 0.25) is 0 Å². The molecule has 0 saturated heterocycles. The van der Waals surface area contributed by atoms with E-state index in [0.29, 0.717) is 4.90 Å². The lowest BCUT2D eigenvalue weighted by molar-refractivity contribution is 0.581. The van der Waals surface area contributed by atoms with Gasteiger partial charge in [0.1, 0.15) is 5.01 Å². The fourth-order valence-electron chi connectivity index (χ4n) is 1.93. The Morgan fingerprint density at radius 2 is 2.05 bits per heavy atom. The third-order valence-corrected chi connectivity index (χ3v) is 7.13. The van der Waals surface area contributed by atoms with Crippen molar-refractivity contribution < 1.29 is 8.42 Å². The first-order valence-corrected chi connectivity index (χ1v) is 9.97. The molecule has 1 aromatic carbocycles. The van der Waals surface area contributed by atoms with E-state index in [9.17, 15) is 8.42 Å². The summed E-state index contributed by atoms with van der Waals surface area (Å²) in [5, 5.41) is 0.756. The molecule has 8 heteroatoms. The first kappa shape index (κ1) is 15.1. The lowest BCUT2D eigenvalue weighted by Crippen LogP contribution is -2.23. The van der Waals surface area contributed by atoms with Crippen molar-refractivity contribution in [1.82, 2.24) is 9.71 Å². The minimum Gasteiger partial charge on any atom is -0.240 e. The van der Waals surface area contributed by atoms with Gasteiger partial charge in [-0.3, -0.25) is 0 Å². The molecule has 1 N–H and O–H groups in total. The van der Waals surface area contributed by atoms with Crippen molar-refractivity contribution in [2.75, 3.05) is 0 Å². The van der Waals surface area contributed by atoms with Gasteiger partial charge in [0.05, 0.1) is 25.4 Å². The quantitative estimate of drug-likeness (QED) is 0.719. The molecule has 4 nitrogen and oxygen atoms in total. The highest BCUT2D eigenvalue weighted by atomic mass is 79.9. The second-order valence-corrected chi connectivity index (χ2v) is 9.86. The fraction of sp³-hybridized carbons (Fsp3) is 0.154. The zero-order valence-corrected chi connectivity index (χ0v) is 15.0. The summed E-state index contributed by atoms with van der Waals surface area (Å²) in [7, 11) is -3.51. The minimum atomic E-state index is -3.51. The first-order chi connectivity index (χ1) is 9.95. The monoisotopic (exact) mass is 402 g/mol. The number of fused-ring (bicyclic) bond motifs is 1. The summed E-state index contributed by atoms with van der Waals surface area (Å²) in [4.78, 5) is 5.50. The SMILES string of the molecule is Cc1sc(Br)cc1S(=O)(=O)NCc1nc2ccccc2s1. The Labute approximate surface area is 139 Å². The van der Waals surface area contributed by atoms with Crippen LogP contribution >= 0.6 is 38.6 Å². The smallest absolute Gasteiger partial charge is 0.240 e. The van der Waals surface area contributed by atoms with Crippen LogP contribution in [0.3, 0.4) is 0 Å². The van der Waals surface area contributed by atoms with Crippen molar-refractivity contribution >= 4 is 58.8 Å². The molecule has 0 aliphatic carbocycles. The highest BCUT2D eigenvalue weighted by Crippen LogP contribution is 2.29. The summed E-state index contributed by atoms with van der Waals surface area (Å²) in [6.07, 6.45) is 0. The van der Waals surface area contributed by atoms with Gasteiger partial charge >= 0.3 is 0 Å². The molecule has 2 heterocycles. The molecule has 0 spiro atoms. The maximum Gasteiger partial charge on any atom is 0.242 e. The highest BCUT2D eigenvalue weighted by molar-refractivity contribution is 9.11. The van der Waals surface area contributed by atoms with Crippen LogP contribution < -0.4 is 4.72 Å². The number of sulfonamides is 1. The maximum absolute atomic E-state index is 12.3. The molecule has 21 heavy (non-hydrogen) atoms. The van der Waals surface area contributed by atoms with E-state index >= 15 is 0 Å². The molecule has 3 rings (SSSR count). The number of nitrogens with one attached hydrogen (secondary N) is 1. The third-order valence-electron chi connectivity index (χ3n) is 2.88. The minimum absolute atomic E-state index is 0.203. The van der Waals surface area contributed by atoms with Crippen LogP contribution in [0.15, 0.2) is 39.0 Å². The number of hydrogen-bond donors (Lipinski definition) is 1. The van der Waals surface area contributed by atoms with E-state index in [1.165, 1.54) is 22.7 Å². The highest BCUT2D eigenvalue weighted by Gasteiger charge is 2.19. The predicted octanol–water partition coefficient (Wildman–Crippen LogP) is 3.91. The number of nitrogens with zero attached hydrogens (tertiary/aromatic N) is 1. The van der Waals surface area contributed by atoms with Gasteiger partial charge in [0, 0.05) is 4.88 Å². The van der Waals surface area contributed by atoms with Gasteiger partial charge < -0.3 is 0 Å². The number of aryl methyl sites for hydroxylation is 1. The Hall–Kier alpha value is -0.800. The van der Waals surface area contributed by atoms with E-state index in [0.717, 1.165) is 23.9 Å². The second-order valence-electron chi connectivity index (χ2n) is 4.37. The molecule has 0 aliphatic heterocycles. The zero-order chi connectivity index (χ0) is 15.0. The summed E-state index contributed by atoms with van der Waals surface area (Å²) < 4.78 is 29.1. The molecular formula is C13H11BrN2O2S3. The second kappa shape index (κ2) is 5.77. The molecule has 0 saturated carbocycles. The number of halogens is 1. The number of thiazole rings is 1. The van der Waals surface area contributed by atoms with E-state index in [1.54, 1.807) is 13.0 Å². The van der Waals surface area contributed by atoms with Crippen LogP contribution in [-0.4, -0.2) is 13.4 Å². The topological polar surface area (TPSA) is 59.1 Å². The summed E-state index contributed by atoms with van der Waals surface area (Å²) in [5.41, 5.74) is 0.895. The maximum atomic E-state index is 12.3. The van der Waals surface area contributed by atoms with E-state index < -0.39 is 10.0 Å². The average molecular weight is 403 g/mol. The van der Waals surface area contributed by atoms with Crippen molar-refractivity contribution in [1.29, 1.82) is 0 Å². The molecule has 0 aliphatic rings. The Balaban J connectivity index is 1.82. The standard InChI is InChI=1S/C13H11BrN2O2S3/c1-8-11(6-12(14)19-8)21(17,18)15-7-13-16-9-4-2-3-5-10(9)20-13/h2-6,15H,7H2,1H3.